The van der Waals surface area contributed by atoms with Crippen molar-refractivity contribution in [1.29, 1.82) is 0 Å². The Morgan fingerprint density at radius 1 is 0.788 bits per heavy atom. The number of benzene rings is 2. The minimum absolute atomic E-state index is 0.113. The Hall–Kier alpha value is -2.61. The molecule has 4 rings (SSSR count). The van der Waals surface area contributed by atoms with Gasteiger partial charge in [0.15, 0.2) is 17.5 Å². The van der Waals surface area contributed by atoms with Crippen LogP contribution in [0.3, 0.4) is 0 Å². The molecule has 0 amide bonds. The number of hydrogen-bond donors (Lipinski definition) is 0. The standard InChI is InChI=1S/C28H27F5/c1-2-3-4-17-5-7-20-14-21(9-8-19(20)11-17)22-15-24(29)23(25(30)16-22)10-6-18-12-26(31)28(33)27(32)13-18/h2,12-13,15-17,19-21H,1,3-5,7-9,11,14H2. The zero-order valence-electron chi connectivity index (χ0n) is 18.4. The minimum atomic E-state index is -1.61. The van der Waals surface area contributed by atoms with Gasteiger partial charge in [0.1, 0.15) is 11.6 Å². The highest BCUT2D eigenvalue weighted by atomic mass is 19.2. The summed E-state index contributed by atoms with van der Waals surface area (Å²) in [5.41, 5.74) is -0.0155. The summed E-state index contributed by atoms with van der Waals surface area (Å²) >= 11 is 0. The average Bonchev–Trinajstić information content (AvgIpc) is 2.80. The van der Waals surface area contributed by atoms with Crippen molar-refractivity contribution in [3.05, 3.63) is 82.7 Å². The van der Waals surface area contributed by atoms with E-state index in [0.29, 0.717) is 29.5 Å². The van der Waals surface area contributed by atoms with E-state index in [1.807, 2.05) is 6.08 Å². The van der Waals surface area contributed by atoms with Crippen LogP contribution in [-0.4, -0.2) is 0 Å². The maximum atomic E-state index is 14.7. The second-order valence-corrected chi connectivity index (χ2v) is 9.44. The lowest BCUT2D eigenvalue weighted by atomic mass is 9.63. The van der Waals surface area contributed by atoms with E-state index in [-0.39, 0.29) is 11.5 Å². The monoisotopic (exact) mass is 458 g/mol. The van der Waals surface area contributed by atoms with E-state index in [0.717, 1.165) is 31.6 Å². The summed E-state index contributed by atoms with van der Waals surface area (Å²) < 4.78 is 69.2. The van der Waals surface area contributed by atoms with Gasteiger partial charge in [-0.25, -0.2) is 22.0 Å². The average molecular weight is 459 g/mol. The fourth-order valence-corrected chi connectivity index (χ4v) is 5.62. The van der Waals surface area contributed by atoms with Crippen LogP contribution >= 0.6 is 0 Å². The Morgan fingerprint density at radius 2 is 1.42 bits per heavy atom. The van der Waals surface area contributed by atoms with Gasteiger partial charge in [0, 0.05) is 5.56 Å². The number of halogens is 5. The molecular formula is C28H27F5. The van der Waals surface area contributed by atoms with Gasteiger partial charge in [-0.3, -0.25) is 0 Å². The van der Waals surface area contributed by atoms with Gasteiger partial charge in [-0.05, 0) is 98.4 Å². The first kappa shape index (κ1) is 23.5. The molecule has 0 bridgehead atoms. The molecule has 2 aromatic carbocycles. The molecule has 0 saturated heterocycles. The van der Waals surface area contributed by atoms with Crippen molar-refractivity contribution in [2.24, 2.45) is 17.8 Å². The molecule has 2 aliphatic rings. The molecule has 2 fully saturated rings. The van der Waals surface area contributed by atoms with Crippen LogP contribution in [0, 0.1) is 58.7 Å². The Morgan fingerprint density at radius 3 is 2.09 bits per heavy atom. The Balaban J connectivity index is 1.47. The fraction of sp³-hybridized carbons (Fsp3) is 0.429. The first-order valence-electron chi connectivity index (χ1n) is 11.6. The maximum Gasteiger partial charge on any atom is 0.194 e. The quantitative estimate of drug-likeness (QED) is 0.188. The third-order valence-electron chi connectivity index (χ3n) is 7.35. The molecule has 0 N–H and O–H groups in total. The van der Waals surface area contributed by atoms with Crippen molar-refractivity contribution in [3.63, 3.8) is 0 Å². The van der Waals surface area contributed by atoms with Gasteiger partial charge in [0.05, 0.1) is 5.56 Å². The maximum absolute atomic E-state index is 14.7. The van der Waals surface area contributed by atoms with Crippen LogP contribution < -0.4 is 0 Å². The zero-order chi connectivity index (χ0) is 23.5. The van der Waals surface area contributed by atoms with E-state index >= 15 is 0 Å². The van der Waals surface area contributed by atoms with Gasteiger partial charge >= 0.3 is 0 Å². The molecule has 5 heteroatoms. The van der Waals surface area contributed by atoms with Crippen LogP contribution in [0.25, 0.3) is 0 Å². The topological polar surface area (TPSA) is 0 Å². The summed E-state index contributed by atoms with van der Waals surface area (Å²) in [6.45, 7) is 3.81. The molecule has 174 valence electrons. The summed E-state index contributed by atoms with van der Waals surface area (Å²) in [7, 11) is 0. The molecule has 0 nitrogen and oxygen atoms in total. The highest BCUT2D eigenvalue weighted by Crippen LogP contribution is 2.48. The van der Waals surface area contributed by atoms with Gasteiger partial charge in [0.25, 0.3) is 0 Å². The Labute approximate surface area is 191 Å². The summed E-state index contributed by atoms with van der Waals surface area (Å²) in [6.07, 6.45) is 10.8. The van der Waals surface area contributed by atoms with Gasteiger partial charge < -0.3 is 0 Å². The van der Waals surface area contributed by atoms with Crippen LogP contribution in [0.2, 0.25) is 0 Å². The minimum Gasteiger partial charge on any atom is -0.206 e. The first-order chi connectivity index (χ1) is 15.9. The molecule has 0 radical (unpaired) electrons. The summed E-state index contributed by atoms with van der Waals surface area (Å²) in [4.78, 5) is 0. The van der Waals surface area contributed by atoms with E-state index < -0.39 is 34.6 Å². The first-order valence-corrected chi connectivity index (χ1v) is 11.6. The third-order valence-corrected chi connectivity index (χ3v) is 7.35. The van der Waals surface area contributed by atoms with Crippen LogP contribution in [-0.2, 0) is 0 Å². The smallest absolute Gasteiger partial charge is 0.194 e. The Kier molecular flexibility index (Phi) is 7.22. The fourth-order valence-electron chi connectivity index (χ4n) is 5.62. The lowest BCUT2D eigenvalue weighted by Crippen LogP contribution is -2.30. The second kappa shape index (κ2) is 10.1. The van der Waals surface area contributed by atoms with Crippen molar-refractivity contribution in [1.82, 2.24) is 0 Å². The molecule has 2 aliphatic carbocycles. The second-order valence-electron chi connectivity index (χ2n) is 9.44. The summed E-state index contributed by atoms with van der Waals surface area (Å²) in [6, 6.07) is 4.06. The molecule has 2 aromatic rings. The number of hydrogen-bond acceptors (Lipinski definition) is 0. The number of rotatable bonds is 4. The number of fused-ring (bicyclic) bond motifs is 1. The predicted octanol–water partition coefficient (Wildman–Crippen LogP) is 8.05. The normalized spacial score (nSPS) is 24.5. The Bertz CT molecular complexity index is 1050. The SMILES string of the molecule is C=CCCC1CCC2CC(c3cc(F)c(C#Cc4cc(F)c(F)c(F)c4)c(F)c3)CCC2C1. The summed E-state index contributed by atoms with van der Waals surface area (Å²) in [5, 5.41) is 0. The van der Waals surface area contributed by atoms with E-state index in [2.05, 4.69) is 18.4 Å². The molecule has 4 unspecified atom stereocenters. The predicted molar refractivity (Wildman–Crippen MR) is 119 cm³/mol. The van der Waals surface area contributed by atoms with Gasteiger partial charge in [-0.1, -0.05) is 24.3 Å². The van der Waals surface area contributed by atoms with Crippen molar-refractivity contribution in [3.8, 4) is 11.8 Å². The van der Waals surface area contributed by atoms with Crippen LogP contribution in [0.1, 0.15) is 74.0 Å². The molecule has 2 saturated carbocycles. The highest BCUT2D eigenvalue weighted by Gasteiger charge is 2.36. The van der Waals surface area contributed by atoms with E-state index in [9.17, 15) is 22.0 Å². The molecule has 0 spiro atoms. The highest BCUT2D eigenvalue weighted by molar-refractivity contribution is 5.45. The van der Waals surface area contributed by atoms with Gasteiger partial charge in [-0.2, -0.15) is 0 Å². The number of allylic oxidation sites excluding steroid dienone is 1. The van der Waals surface area contributed by atoms with Crippen molar-refractivity contribution in [2.45, 2.75) is 57.3 Å². The molecule has 0 heterocycles. The molecular weight excluding hydrogens is 431 g/mol. The lowest BCUT2D eigenvalue weighted by Gasteiger charge is -2.42. The van der Waals surface area contributed by atoms with E-state index in [4.69, 9.17) is 0 Å². The third kappa shape index (κ3) is 5.32. The van der Waals surface area contributed by atoms with Crippen LogP contribution in [0.15, 0.2) is 36.9 Å². The largest absolute Gasteiger partial charge is 0.206 e. The van der Waals surface area contributed by atoms with Crippen molar-refractivity contribution < 1.29 is 22.0 Å². The van der Waals surface area contributed by atoms with Crippen molar-refractivity contribution >= 4 is 0 Å². The molecule has 4 atom stereocenters. The van der Waals surface area contributed by atoms with E-state index in [1.54, 1.807) is 0 Å². The van der Waals surface area contributed by atoms with Crippen molar-refractivity contribution in [2.75, 3.05) is 0 Å². The molecule has 0 aliphatic heterocycles. The van der Waals surface area contributed by atoms with Gasteiger partial charge in [-0.15, -0.1) is 6.58 Å². The van der Waals surface area contributed by atoms with E-state index in [1.165, 1.54) is 37.8 Å². The lowest BCUT2D eigenvalue weighted by molar-refractivity contribution is 0.115. The zero-order valence-corrected chi connectivity index (χ0v) is 18.4. The molecule has 33 heavy (non-hydrogen) atoms. The molecule has 0 aromatic heterocycles. The van der Waals surface area contributed by atoms with Crippen LogP contribution in [0.4, 0.5) is 22.0 Å². The summed E-state index contributed by atoms with van der Waals surface area (Å²) in [5.74, 6) is 0.790. The van der Waals surface area contributed by atoms with Gasteiger partial charge in [0.2, 0.25) is 0 Å². The van der Waals surface area contributed by atoms with Crippen LogP contribution in [0.5, 0.6) is 0 Å².